The Morgan fingerprint density at radius 3 is 2.53 bits per heavy atom. The first-order chi connectivity index (χ1) is 7.99. The Morgan fingerprint density at radius 2 is 2.06 bits per heavy atom. The molecule has 3 nitrogen and oxygen atoms in total. The fourth-order valence-electron chi connectivity index (χ4n) is 1.94. The quantitative estimate of drug-likeness (QED) is 0.878. The van der Waals surface area contributed by atoms with Gasteiger partial charge >= 0.3 is 5.97 Å². The van der Waals surface area contributed by atoms with E-state index in [0.717, 1.165) is 5.56 Å². The van der Waals surface area contributed by atoms with Crippen molar-refractivity contribution in [1.82, 2.24) is 4.90 Å². The van der Waals surface area contributed by atoms with E-state index in [1.807, 2.05) is 50.1 Å². The highest BCUT2D eigenvalue weighted by molar-refractivity contribution is 6.31. The van der Waals surface area contributed by atoms with Gasteiger partial charge < -0.3 is 5.11 Å². The summed E-state index contributed by atoms with van der Waals surface area (Å²) in [6.45, 7) is 3.83. The Hall–Kier alpha value is -1.06. The summed E-state index contributed by atoms with van der Waals surface area (Å²) in [5.74, 6) is -0.797. The second-order valence-corrected chi connectivity index (χ2v) is 4.53. The molecule has 0 aliphatic rings. The first kappa shape index (κ1) is 14.0. The van der Waals surface area contributed by atoms with Gasteiger partial charge in [0.15, 0.2) is 0 Å². The molecule has 0 aliphatic heterocycles. The van der Waals surface area contributed by atoms with Crippen molar-refractivity contribution in [3.05, 3.63) is 34.9 Å². The molecule has 1 N–H and O–H groups in total. The zero-order valence-corrected chi connectivity index (χ0v) is 11.1. The number of carbonyl (C=O) groups is 1. The predicted molar refractivity (Wildman–Crippen MR) is 69.3 cm³/mol. The number of rotatable bonds is 5. The lowest BCUT2D eigenvalue weighted by Crippen LogP contribution is -2.39. The molecule has 0 fully saturated rings. The number of carboxylic acid groups (broad SMARTS) is 1. The maximum Gasteiger partial charge on any atom is 0.320 e. The molecule has 0 heterocycles. The Bertz CT molecular complexity index is 395. The van der Waals surface area contributed by atoms with Crippen molar-refractivity contribution in [3.8, 4) is 0 Å². The van der Waals surface area contributed by atoms with Crippen LogP contribution in [0, 0.1) is 0 Å². The third kappa shape index (κ3) is 3.20. The number of hydrogen-bond donors (Lipinski definition) is 1. The summed E-state index contributed by atoms with van der Waals surface area (Å²) in [5.41, 5.74) is 0.955. The molecule has 1 aromatic carbocycles. The van der Waals surface area contributed by atoms with Crippen LogP contribution in [0.5, 0.6) is 0 Å². The Labute approximate surface area is 107 Å². The number of aliphatic carboxylic acids is 1. The summed E-state index contributed by atoms with van der Waals surface area (Å²) in [5, 5.41) is 9.81. The Kier molecular flexibility index (Phi) is 4.97. The molecule has 0 bridgehead atoms. The van der Waals surface area contributed by atoms with Crippen molar-refractivity contribution in [2.45, 2.75) is 32.4 Å². The summed E-state index contributed by atoms with van der Waals surface area (Å²) in [6.07, 6.45) is 0.570. The molecule has 0 saturated carbocycles. The van der Waals surface area contributed by atoms with Crippen LogP contribution < -0.4 is 0 Å². The summed E-state index contributed by atoms with van der Waals surface area (Å²) in [6, 6.07) is 7.02. The van der Waals surface area contributed by atoms with Crippen LogP contribution in [0.2, 0.25) is 5.02 Å². The predicted octanol–water partition coefficient (Wildman–Crippen LogP) is 3.20. The van der Waals surface area contributed by atoms with E-state index in [4.69, 9.17) is 16.7 Å². The molecule has 1 aromatic rings. The summed E-state index contributed by atoms with van der Waals surface area (Å²) in [4.78, 5) is 13.0. The average Bonchev–Trinajstić information content (AvgIpc) is 2.29. The van der Waals surface area contributed by atoms with Crippen molar-refractivity contribution in [2.24, 2.45) is 0 Å². The van der Waals surface area contributed by atoms with Gasteiger partial charge in [-0.1, -0.05) is 36.7 Å². The van der Waals surface area contributed by atoms with Crippen LogP contribution in [-0.4, -0.2) is 29.1 Å². The van der Waals surface area contributed by atoms with Gasteiger partial charge in [0.05, 0.1) is 0 Å². The lowest BCUT2D eigenvalue weighted by molar-refractivity contribution is -0.143. The van der Waals surface area contributed by atoms with E-state index in [9.17, 15) is 4.79 Å². The summed E-state index contributed by atoms with van der Waals surface area (Å²) in [7, 11) is 1.82. The Morgan fingerprint density at radius 1 is 1.47 bits per heavy atom. The minimum atomic E-state index is -0.797. The zero-order valence-electron chi connectivity index (χ0n) is 10.4. The third-order valence-corrected chi connectivity index (χ3v) is 3.47. The Balaban J connectivity index is 2.93. The van der Waals surface area contributed by atoms with Crippen molar-refractivity contribution in [1.29, 1.82) is 0 Å². The highest BCUT2D eigenvalue weighted by atomic mass is 35.5. The van der Waals surface area contributed by atoms with Crippen LogP contribution in [0.1, 0.15) is 31.9 Å². The molecule has 4 heteroatoms. The van der Waals surface area contributed by atoms with Gasteiger partial charge in [0.25, 0.3) is 0 Å². The molecule has 0 aliphatic carbocycles. The zero-order chi connectivity index (χ0) is 13.0. The monoisotopic (exact) mass is 255 g/mol. The first-order valence-corrected chi connectivity index (χ1v) is 6.06. The lowest BCUT2D eigenvalue weighted by atomic mass is 10.0. The molecular formula is C13H18ClNO2. The van der Waals surface area contributed by atoms with Gasteiger partial charge in [-0.3, -0.25) is 9.69 Å². The van der Waals surface area contributed by atoms with Crippen molar-refractivity contribution in [2.75, 3.05) is 7.05 Å². The molecule has 2 unspecified atom stereocenters. The molecule has 2 atom stereocenters. The van der Waals surface area contributed by atoms with Crippen LogP contribution in [0.3, 0.4) is 0 Å². The minimum Gasteiger partial charge on any atom is -0.480 e. The lowest BCUT2D eigenvalue weighted by Gasteiger charge is -2.30. The second kappa shape index (κ2) is 6.03. The van der Waals surface area contributed by atoms with E-state index >= 15 is 0 Å². The van der Waals surface area contributed by atoms with Gasteiger partial charge in [-0.15, -0.1) is 0 Å². The van der Waals surface area contributed by atoms with Crippen LogP contribution in [-0.2, 0) is 4.79 Å². The van der Waals surface area contributed by atoms with Gasteiger partial charge in [0, 0.05) is 11.1 Å². The van der Waals surface area contributed by atoms with E-state index in [2.05, 4.69) is 0 Å². The normalized spacial score (nSPS) is 14.6. The van der Waals surface area contributed by atoms with E-state index in [-0.39, 0.29) is 6.04 Å². The van der Waals surface area contributed by atoms with Crippen molar-refractivity contribution < 1.29 is 9.90 Å². The molecule has 0 aromatic heterocycles. The smallest absolute Gasteiger partial charge is 0.320 e. The summed E-state index contributed by atoms with van der Waals surface area (Å²) >= 11 is 6.12. The van der Waals surface area contributed by atoms with Gasteiger partial charge in [0.2, 0.25) is 0 Å². The number of likely N-dealkylation sites (N-methyl/N-ethyl adjacent to an activating group) is 1. The highest BCUT2D eigenvalue weighted by Gasteiger charge is 2.26. The molecule has 0 amide bonds. The fourth-order valence-corrected chi connectivity index (χ4v) is 2.23. The van der Waals surface area contributed by atoms with E-state index in [0.29, 0.717) is 11.4 Å². The third-order valence-electron chi connectivity index (χ3n) is 3.13. The standard InChI is InChI=1S/C13H18ClNO2/c1-4-12(13(16)17)15(3)9(2)10-7-5-6-8-11(10)14/h5-9,12H,4H2,1-3H3,(H,16,17). The number of benzene rings is 1. The molecule has 1 rings (SSSR count). The average molecular weight is 256 g/mol. The second-order valence-electron chi connectivity index (χ2n) is 4.13. The fraction of sp³-hybridized carbons (Fsp3) is 0.462. The molecule has 17 heavy (non-hydrogen) atoms. The van der Waals surface area contributed by atoms with Crippen LogP contribution in [0.25, 0.3) is 0 Å². The van der Waals surface area contributed by atoms with Crippen LogP contribution in [0.15, 0.2) is 24.3 Å². The summed E-state index contributed by atoms with van der Waals surface area (Å²) < 4.78 is 0. The molecule has 0 spiro atoms. The molecule has 0 saturated heterocycles. The topological polar surface area (TPSA) is 40.5 Å². The number of halogens is 1. The SMILES string of the molecule is CCC(C(=O)O)N(C)C(C)c1ccccc1Cl. The van der Waals surface area contributed by atoms with Crippen LogP contribution in [0.4, 0.5) is 0 Å². The maximum atomic E-state index is 11.1. The van der Waals surface area contributed by atoms with Crippen molar-refractivity contribution >= 4 is 17.6 Å². The van der Waals surface area contributed by atoms with Gasteiger partial charge in [-0.2, -0.15) is 0 Å². The van der Waals surface area contributed by atoms with Crippen molar-refractivity contribution in [3.63, 3.8) is 0 Å². The number of carboxylic acids is 1. The first-order valence-electron chi connectivity index (χ1n) is 5.68. The molecule has 0 radical (unpaired) electrons. The molecular weight excluding hydrogens is 238 g/mol. The van der Waals surface area contributed by atoms with E-state index in [1.165, 1.54) is 0 Å². The van der Waals surface area contributed by atoms with Gasteiger partial charge in [-0.25, -0.2) is 0 Å². The van der Waals surface area contributed by atoms with Gasteiger partial charge in [-0.05, 0) is 32.0 Å². The number of nitrogens with zero attached hydrogens (tertiary/aromatic N) is 1. The highest BCUT2D eigenvalue weighted by Crippen LogP contribution is 2.27. The number of hydrogen-bond acceptors (Lipinski definition) is 2. The minimum absolute atomic E-state index is 0.0234. The van der Waals surface area contributed by atoms with Crippen LogP contribution >= 0.6 is 11.6 Å². The largest absolute Gasteiger partial charge is 0.480 e. The maximum absolute atomic E-state index is 11.1. The van der Waals surface area contributed by atoms with Gasteiger partial charge in [0.1, 0.15) is 6.04 Å². The van der Waals surface area contributed by atoms with E-state index in [1.54, 1.807) is 0 Å². The molecule has 94 valence electrons. The van der Waals surface area contributed by atoms with E-state index < -0.39 is 12.0 Å².